The monoisotopic (exact) mass is 302 g/mol. The third-order valence-corrected chi connectivity index (χ3v) is 3.44. The SMILES string of the molecule is COc1ccc([C@@H](C)N[C@H](C#N)c2ccc(F)cc2F)cc1. The van der Waals surface area contributed by atoms with Crippen LogP contribution < -0.4 is 10.1 Å². The van der Waals surface area contributed by atoms with Crippen LogP contribution in [0.15, 0.2) is 42.5 Å². The zero-order valence-corrected chi connectivity index (χ0v) is 12.3. The molecule has 22 heavy (non-hydrogen) atoms. The van der Waals surface area contributed by atoms with Crippen LogP contribution in [0.2, 0.25) is 0 Å². The number of hydrogen-bond donors (Lipinski definition) is 1. The molecule has 3 nitrogen and oxygen atoms in total. The van der Waals surface area contributed by atoms with Crippen LogP contribution in [0.3, 0.4) is 0 Å². The molecule has 2 aromatic carbocycles. The molecule has 0 unspecified atom stereocenters. The third-order valence-electron chi connectivity index (χ3n) is 3.44. The predicted molar refractivity (Wildman–Crippen MR) is 79.3 cm³/mol. The minimum absolute atomic E-state index is 0.129. The molecule has 0 saturated carbocycles. The molecule has 0 aliphatic rings. The number of nitrogens with one attached hydrogen (secondary N) is 1. The van der Waals surface area contributed by atoms with E-state index in [1.54, 1.807) is 7.11 Å². The summed E-state index contributed by atoms with van der Waals surface area (Å²) >= 11 is 0. The van der Waals surface area contributed by atoms with Crippen molar-refractivity contribution >= 4 is 0 Å². The van der Waals surface area contributed by atoms with E-state index < -0.39 is 17.7 Å². The van der Waals surface area contributed by atoms with E-state index in [1.165, 1.54) is 6.07 Å². The molecule has 1 N–H and O–H groups in total. The summed E-state index contributed by atoms with van der Waals surface area (Å²) in [6.45, 7) is 1.87. The van der Waals surface area contributed by atoms with Gasteiger partial charge in [0.1, 0.15) is 23.4 Å². The van der Waals surface area contributed by atoms with Gasteiger partial charge in [-0.05, 0) is 30.7 Å². The van der Waals surface area contributed by atoms with Crippen molar-refractivity contribution in [3.8, 4) is 11.8 Å². The Kier molecular flexibility index (Phi) is 5.08. The van der Waals surface area contributed by atoms with Gasteiger partial charge in [-0.15, -0.1) is 0 Å². The molecule has 114 valence electrons. The normalized spacial score (nSPS) is 13.2. The fraction of sp³-hybridized carbons (Fsp3) is 0.235. The topological polar surface area (TPSA) is 45.0 Å². The summed E-state index contributed by atoms with van der Waals surface area (Å²) in [5, 5.41) is 12.3. The van der Waals surface area contributed by atoms with Gasteiger partial charge in [0.15, 0.2) is 0 Å². The lowest BCUT2D eigenvalue weighted by Crippen LogP contribution is -2.24. The summed E-state index contributed by atoms with van der Waals surface area (Å²) in [6, 6.07) is 11.5. The quantitative estimate of drug-likeness (QED) is 0.911. The van der Waals surface area contributed by atoms with Gasteiger partial charge in [0.25, 0.3) is 0 Å². The lowest BCUT2D eigenvalue weighted by atomic mass is 10.0. The molecular formula is C17H16F2N2O. The lowest BCUT2D eigenvalue weighted by molar-refractivity contribution is 0.414. The molecule has 0 aromatic heterocycles. The molecular weight excluding hydrogens is 286 g/mol. The van der Waals surface area contributed by atoms with E-state index in [-0.39, 0.29) is 11.6 Å². The fourth-order valence-corrected chi connectivity index (χ4v) is 2.17. The minimum atomic E-state index is -0.863. The molecule has 0 radical (unpaired) electrons. The number of ether oxygens (including phenoxy) is 1. The Bertz CT molecular complexity index is 680. The first kappa shape index (κ1) is 15.9. The van der Waals surface area contributed by atoms with E-state index in [2.05, 4.69) is 5.32 Å². The third kappa shape index (κ3) is 3.60. The van der Waals surface area contributed by atoms with Crippen molar-refractivity contribution < 1.29 is 13.5 Å². The Morgan fingerprint density at radius 1 is 1.14 bits per heavy atom. The molecule has 0 spiro atoms. The summed E-state index contributed by atoms with van der Waals surface area (Å²) in [6.07, 6.45) is 0. The first-order valence-corrected chi connectivity index (χ1v) is 6.79. The number of nitriles is 1. The van der Waals surface area contributed by atoms with Crippen molar-refractivity contribution in [2.45, 2.75) is 19.0 Å². The first-order chi connectivity index (χ1) is 10.5. The van der Waals surface area contributed by atoms with Crippen LogP contribution >= 0.6 is 0 Å². The second kappa shape index (κ2) is 7.01. The maximum Gasteiger partial charge on any atom is 0.131 e. The van der Waals surface area contributed by atoms with Crippen molar-refractivity contribution in [1.29, 1.82) is 5.26 Å². The minimum Gasteiger partial charge on any atom is -0.497 e. The van der Waals surface area contributed by atoms with E-state index in [1.807, 2.05) is 37.3 Å². The number of benzene rings is 2. The largest absolute Gasteiger partial charge is 0.497 e. The molecule has 2 rings (SSSR count). The van der Waals surface area contributed by atoms with E-state index in [0.29, 0.717) is 0 Å². The van der Waals surface area contributed by atoms with Crippen LogP contribution in [-0.2, 0) is 0 Å². The molecule has 5 heteroatoms. The lowest BCUT2D eigenvalue weighted by Gasteiger charge is -2.19. The summed E-state index contributed by atoms with van der Waals surface area (Å²) in [5.74, 6) is -0.667. The highest BCUT2D eigenvalue weighted by atomic mass is 19.1. The predicted octanol–water partition coefficient (Wildman–Crippen LogP) is 3.89. The van der Waals surface area contributed by atoms with Crippen molar-refractivity contribution in [3.05, 3.63) is 65.2 Å². The molecule has 0 aliphatic heterocycles. The van der Waals surface area contributed by atoms with Gasteiger partial charge in [-0.2, -0.15) is 5.26 Å². The van der Waals surface area contributed by atoms with Gasteiger partial charge in [-0.1, -0.05) is 18.2 Å². The molecule has 0 saturated heterocycles. The highest BCUT2D eigenvalue weighted by molar-refractivity contribution is 5.31. The van der Waals surface area contributed by atoms with Crippen LogP contribution in [0.1, 0.15) is 30.1 Å². The van der Waals surface area contributed by atoms with Crippen molar-refractivity contribution in [2.75, 3.05) is 7.11 Å². The van der Waals surface area contributed by atoms with Crippen molar-refractivity contribution in [2.24, 2.45) is 0 Å². The second-order valence-corrected chi connectivity index (χ2v) is 4.89. The highest BCUT2D eigenvalue weighted by Crippen LogP contribution is 2.23. The average molecular weight is 302 g/mol. The van der Waals surface area contributed by atoms with Gasteiger partial charge < -0.3 is 4.74 Å². The van der Waals surface area contributed by atoms with E-state index in [9.17, 15) is 14.0 Å². The Balaban J connectivity index is 2.17. The Morgan fingerprint density at radius 2 is 1.82 bits per heavy atom. The molecule has 0 heterocycles. The molecule has 2 aromatic rings. The van der Waals surface area contributed by atoms with Crippen molar-refractivity contribution in [1.82, 2.24) is 5.32 Å². The van der Waals surface area contributed by atoms with Gasteiger partial charge in [0.2, 0.25) is 0 Å². The zero-order valence-electron chi connectivity index (χ0n) is 12.3. The number of methoxy groups -OCH3 is 1. The Labute approximate surface area is 128 Å². The summed E-state index contributed by atoms with van der Waals surface area (Å²) in [5.41, 5.74) is 1.06. The van der Waals surface area contributed by atoms with Crippen LogP contribution in [0.4, 0.5) is 8.78 Å². The standard InChI is InChI=1S/C17H16F2N2O/c1-11(12-3-6-14(22-2)7-4-12)21-17(10-20)15-8-5-13(18)9-16(15)19/h3-9,11,17,21H,1-2H3/t11-,17-/m1/s1. The highest BCUT2D eigenvalue weighted by Gasteiger charge is 2.18. The van der Waals surface area contributed by atoms with Crippen LogP contribution in [0, 0.1) is 23.0 Å². The number of rotatable bonds is 5. The van der Waals surface area contributed by atoms with Crippen LogP contribution in [0.5, 0.6) is 5.75 Å². The zero-order chi connectivity index (χ0) is 16.1. The molecule has 0 fully saturated rings. The van der Waals surface area contributed by atoms with Gasteiger partial charge in [-0.25, -0.2) is 8.78 Å². The maximum absolute atomic E-state index is 13.8. The number of halogens is 2. The van der Waals surface area contributed by atoms with E-state index in [0.717, 1.165) is 23.4 Å². The second-order valence-electron chi connectivity index (χ2n) is 4.89. The van der Waals surface area contributed by atoms with E-state index in [4.69, 9.17) is 4.74 Å². The van der Waals surface area contributed by atoms with Crippen molar-refractivity contribution in [3.63, 3.8) is 0 Å². The first-order valence-electron chi connectivity index (χ1n) is 6.79. The molecule has 0 amide bonds. The Hall–Kier alpha value is -2.45. The maximum atomic E-state index is 13.8. The smallest absolute Gasteiger partial charge is 0.131 e. The van der Waals surface area contributed by atoms with Crippen LogP contribution in [0.25, 0.3) is 0 Å². The molecule has 0 bridgehead atoms. The number of hydrogen-bond acceptors (Lipinski definition) is 3. The number of nitrogens with zero attached hydrogens (tertiary/aromatic N) is 1. The van der Waals surface area contributed by atoms with Gasteiger partial charge >= 0.3 is 0 Å². The van der Waals surface area contributed by atoms with E-state index >= 15 is 0 Å². The molecule has 2 atom stereocenters. The van der Waals surface area contributed by atoms with Gasteiger partial charge in [0, 0.05) is 17.7 Å². The van der Waals surface area contributed by atoms with Crippen LogP contribution in [-0.4, -0.2) is 7.11 Å². The summed E-state index contributed by atoms with van der Waals surface area (Å²) < 4.78 is 31.8. The Morgan fingerprint density at radius 3 is 2.36 bits per heavy atom. The van der Waals surface area contributed by atoms with Gasteiger partial charge in [-0.3, -0.25) is 5.32 Å². The summed E-state index contributed by atoms with van der Waals surface area (Å²) in [4.78, 5) is 0. The average Bonchev–Trinajstić information content (AvgIpc) is 2.53. The molecule has 0 aliphatic carbocycles. The van der Waals surface area contributed by atoms with Gasteiger partial charge in [0.05, 0.1) is 13.2 Å². The fourth-order valence-electron chi connectivity index (χ4n) is 2.17. The summed E-state index contributed by atoms with van der Waals surface area (Å²) in [7, 11) is 1.58.